The highest BCUT2D eigenvalue weighted by molar-refractivity contribution is 7.87. The number of hydrogen-bond acceptors (Lipinski definition) is 4. The second-order valence-electron chi connectivity index (χ2n) is 4.06. The summed E-state index contributed by atoms with van der Waals surface area (Å²) in [5.41, 5.74) is 0. The molecule has 100 valence electrons. The minimum atomic E-state index is -3.58. The Kier molecular flexibility index (Phi) is 5.35. The van der Waals surface area contributed by atoms with Gasteiger partial charge in [0.2, 0.25) is 0 Å². The number of nitrogens with one attached hydrogen (secondary N) is 1. The standard InChI is InChI=1S/C10H20N2O4S/c1-3-11-17(14,15)12(8-10(13)16-2)9-6-4-5-7-9/h9,11H,3-8H2,1-2H3. The molecule has 0 spiro atoms. The summed E-state index contributed by atoms with van der Waals surface area (Å²) in [7, 11) is -2.32. The summed E-state index contributed by atoms with van der Waals surface area (Å²) in [5.74, 6) is -0.529. The van der Waals surface area contributed by atoms with E-state index in [4.69, 9.17) is 0 Å². The van der Waals surface area contributed by atoms with Crippen LogP contribution in [0.25, 0.3) is 0 Å². The molecule has 0 aliphatic heterocycles. The van der Waals surface area contributed by atoms with E-state index >= 15 is 0 Å². The quantitative estimate of drug-likeness (QED) is 0.698. The molecular formula is C10H20N2O4S. The highest BCUT2D eigenvalue weighted by Gasteiger charge is 2.33. The average molecular weight is 264 g/mol. The minimum absolute atomic E-state index is 0.0850. The molecule has 0 radical (unpaired) electrons. The van der Waals surface area contributed by atoms with Crippen LogP contribution in [0.2, 0.25) is 0 Å². The van der Waals surface area contributed by atoms with Crippen molar-refractivity contribution in [1.29, 1.82) is 0 Å². The van der Waals surface area contributed by atoms with Gasteiger partial charge in [0.15, 0.2) is 0 Å². The Morgan fingerprint density at radius 1 is 1.41 bits per heavy atom. The molecular weight excluding hydrogens is 244 g/mol. The van der Waals surface area contributed by atoms with Crippen molar-refractivity contribution in [2.24, 2.45) is 0 Å². The van der Waals surface area contributed by atoms with Gasteiger partial charge >= 0.3 is 5.97 Å². The smallest absolute Gasteiger partial charge is 0.321 e. The lowest BCUT2D eigenvalue weighted by atomic mass is 10.2. The summed E-state index contributed by atoms with van der Waals surface area (Å²) in [6.45, 7) is 1.81. The van der Waals surface area contributed by atoms with E-state index in [-0.39, 0.29) is 12.6 Å². The molecule has 6 nitrogen and oxygen atoms in total. The van der Waals surface area contributed by atoms with E-state index < -0.39 is 16.2 Å². The van der Waals surface area contributed by atoms with Crippen LogP contribution in [0, 0.1) is 0 Å². The molecule has 1 aliphatic rings. The average Bonchev–Trinajstić information content (AvgIpc) is 2.78. The van der Waals surface area contributed by atoms with Gasteiger partial charge < -0.3 is 4.74 Å². The molecule has 1 rings (SSSR count). The topological polar surface area (TPSA) is 75.7 Å². The van der Waals surface area contributed by atoms with Crippen molar-refractivity contribution in [2.45, 2.75) is 38.6 Å². The van der Waals surface area contributed by atoms with E-state index in [1.165, 1.54) is 11.4 Å². The molecule has 1 aliphatic carbocycles. The van der Waals surface area contributed by atoms with Gasteiger partial charge in [-0.05, 0) is 12.8 Å². The lowest BCUT2D eigenvalue weighted by molar-refractivity contribution is -0.141. The van der Waals surface area contributed by atoms with Crippen LogP contribution in [0.5, 0.6) is 0 Å². The van der Waals surface area contributed by atoms with Crippen LogP contribution < -0.4 is 4.72 Å². The van der Waals surface area contributed by atoms with E-state index in [0.29, 0.717) is 6.54 Å². The fourth-order valence-corrected chi connectivity index (χ4v) is 3.47. The molecule has 17 heavy (non-hydrogen) atoms. The van der Waals surface area contributed by atoms with Gasteiger partial charge in [-0.25, -0.2) is 4.72 Å². The van der Waals surface area contributed by atoms with Crippen molar-refractivity contribution in [1.82, 2.24) is 9.03 Å². The number of hydrogen-bond donors (Lipinski definition) is 1. The first-order valence-corrected chi connectivity index (χ1v) is 7.28. The highest BCUT2D eigenvalue weighted by atomic mass is 32.2. The first-order chi connectivity index (χ1) is 8.01. The van der Waals surface area contributed by atoms with Crippen LogP contribution in [-0.2, 0) is 19.7 Å². The minimum Gasteiger partial charge on any atom is -0.468 e. The second-order valence-corrected chi connectivity index (χ2v) is 5.77. The third-order valence-electron chi connectivity index (χ3n) is 2.88. The van der Waals surface area contributed by atoms with Gasteiger partial charge in [-0.3, -0.25) is 4.79 Å². The van der Waals surface area contributed by atoms with E-state index in [1.54, 1.807) is 6.92 Å². The Bertz CT molecular complexity index is 349. The first kappa shape index (κ1) is 14.4. The zero-order valence-electron chi connectivity index (χ0n) is 10.3. The summed E-state index contributed by atoms with van der Waals surface area (Å²) in [6, 6.07) is -0.0850. The van der Waals surface area contributed by atoms with Crippen LogP contribution >= 0.6 is 0 Å². The number of ether oxygens (including phenoxy) is 1. The SMILES string of the molecule is CCNS(=O)(=O)N(CC(=O)OC)C1CCCC1. The zero-order valence-corrected chi connectivity index (χ0v) is 11.1. The number of esters is 1. The molecule has 0 amide bonds. The molecule has 0 bridgehead atoms. The monoisotopic (exact) mass is 264 g/mol. The van der Waals surface area contributed by atoms with Gasteiger partial charge in [0.1, 0.15) is 6.54 Å². The van der Waals surface area contributed by atoms with Crippen molar-refractivity contribution in [2.75, 3.05) is 20.2 Å². The maximum Gasteiger partial charge on any atom is 0.321 e. The maximum absolute atomic E-state index is 12.0. The van der Waals surface area contributed by atoms with Gasteiger partial charge in [0, 0.05) is 12.6 Å². The number of carbonyl (C=O) groups excluding carboxylic acids is 1. The van der Waals surface area contributed by atoms with E-state index in [2.05, 4.69) is 9.46 Å². The normalized spacial score (nSPS) is 17.6. The Labute approximate surface area is 102 Å². The Morgan fingerprint density at radius 3 is 2.47 bits per heavy atom. The number of rotatable bonds is 6. The largest absolute Gasteiger partial charge is 0.468 e. The Hall–Kier alpha value is -0.660. The lowest BCUT2D eigenvalue weighted by Crippen LogP contribution is -2.48. The fraction of sp³-hybridized carbons (Fsp3) is 0.900. The molecule has 7 heteroatoms. The molecule has 0 heterocycles. The Morgan fingerprint density at radius 2 is 2.00 bits per heavy atom. The highest BCUT2D eigenvalue weighted by Crippen LogP contribution is 2.25. The molecule has 0 aromatic heterocycles. The molecule has 0 aromatic carbocycles. The molecule has 0 aromatic rings. The van der Waals surface area contributed by atoms with Crippen molar-refractivity contribution in [3.05, 3.63) is 0 Å². The third-order valence-corrected chi connectivity index (χ3v) is 4.58. The van der Waals surface area contributed by atoms with Crippen molar-refractivity contribution >= 4 is 16.2 Å². The van der Waals surface area contributed by atoms with Crippen molar-refractivity contribution in [3.8, 4) is 0 Å². The van der Waals surface area contributed by atoms with Crippen LogP contribution in [0.4, 0.5) is 0 Å². The second kappa shape index (κ2) is 6.32. The Balaban J connectivity index is 2.81. The van der Waals surface area contributed by atoms with Crippen molar-refractivity contribution in [3.63, 3.8) is 0 Å². The molecule has 0 atom stereocenters. The van der Waals surface area contributed by atoms with Crippen LogP contribution in [0.1, 0.15) is 32.6 Å². The van der Waals surface area contributed by atoms with E-state index in [9.17, 15) is 13.2 Å². The summed E-state index contributed by atoms with van der Waals surface area (Å²) in [5, 5.41) is 0. The summed E-state index contributed by atoms with van der Waals surface area (Å²) in [6.07, 6.45) is 3.62. The molecule has 0 saturated heterocycles. The maximum atomic E-state index is 12.0. The van der Waals surface area contributed by atoms with Crippen LogP contribution in [0.3, 0.4) is 0 Å². The van der Waals surface area contributed by atoms with E-state index in [1.807, 2.05) is 0 Å². The van der Waals surface area contributed by atoms with Gasteiger partial charge in [-0.15, -0.1) is 0 Å². The van der Waals surface area contributed by atoms with Crippen LogP contribution in [-0.4, -0.2) is 44.9 Å². The molecule has 1 fully saturated rings. The number of nitrogens with zero attached hydrogens (tertiary/aromatic N) is 1. The fourth-order valence-electron chi connectivity index (χ4n) is 2.06. The molecule has 0 unspecified atom stereocenters. The lowest BCUT2D eigenvalue weighted by Gasteiger charge is -2.26. The van der Waals surface area contributed by atoms with Gasteiger partial charge in [0.05, 0.1) is 7.11 Å². The summed E-state index contributed by atoms with van der Waals surface area (Å²) >= 11 is 0. The van der Waals surface area contributed by atoms with Gasteiger partial charge in [-0.2, -0.15) is 12.7 Å². The number of carbonyl (C=O) groups is 1. The zero-order chi connectivity index (χ0) is 12.9. The summed E-state index contributed by atoms with van der Waals surface area (Å²) in [4.78, 5) is 11.3. The molecule has 1 saturated carbocycles. The predicted molar refractivity (Wildman–Crippen MR) is 63.6 cm³/mol. The van der Waals surface area contributed by atoms with Gasteiger partial charge in [0.25, 0.3) is 10.2 Å². The molecule has 1 N–H and O–H groups in total. The number of methoxy groups -OCH3 is 1. The van der Waals surface area contributed by atoms with Crippen molar-refractivity contribution < 1.29 is 17.9 Å². The van der Waals surface area contributed by atoms with Crippen LogP contribution in [0.15, 0.2) is 0 Å². The first-order valence-electron chi connectivity index (χ1n) is 5.84. The van der Waals surface area contributed by atoms with E-state index in [0.717, 1.165) is 25.7 Å². The third kappa shape index (κ3) is 3.93. The summed E-state index contributed by atoms with van der Waals surface area (Å²) < 4.78 is 32.1. The predicted octanol–water partition coefficient (Wildman–Crippen LogP) is 0.258. The van der Waals surface area contributed by atoms with Gasteiger partial charge in [-0.1, -0.05) is 19.8 Å².